The molecule has 2 heteroatoms. The van der Waals surface area contributed by atoms with Gasteiger partial charge in [0, 0.05) is 11.2 Å². The third-order valence-electron chi connectivity index (χ3n) is 3.77. The molecule has 1 unspecified atom stereocenters. The van der Waals surface area contributed by atoms with E-state index in [1.54, 1.807) is 0 Å². The summed E-state index contributed by atoms with van der Waals surface area (Å²) in [6.45, 7) is 11.4. The van der Waals surface area contributed by atoms with Crippen molar-refractivity contribution in [3.8, 4) is 0 Å². The second-order valence-corrected chi connectivity index (χ2v) is 10.3. The fourth-order valence-electron chi connectivity index (χ4n) is 2.52. The first-order valence-corrected chi connectivity index (χ1v) is 9.69. The van der Waals surface area contributed by atoms with Crippen molar-refractivity contribution < 1.29 is 0 Å². The molecule has 0 aromatic heterocycles. The van der Waals surface area contributed by atoms with Gasteiger partial charge in [0.2, 0.25) is 0 Å². The van der Waals surface area contributed by atoms with Crippen LogP contribution in [0.15, 0.2) is 42.0 Å². The van der Waals surface area contributed by atoms with Gasteiger partial charge in [0.1, 0.15) is 0 Å². The minimum absolute atomic E-state index is 0.594. The molecule has 0 aliphatic heterocycles. The SMILES string of the molecule is CC1=CC([Si](C)(C)Nc2c(C)cccc2C)C=C1. The van der Waals surface area contributed by atoms with Gasteiger partial charge in [0.05, 0.1) is 0 Å². The Kier molecular flexibility index (Phi) is 3.49. The van der Waals surface area contributed by atoms with Gasteiger partial charge < -0.3 is 4.98 Å². The van der Waals surface area contributed by atoms with E-state index in [1.807, 2.05) is 0 Å². The molecule has 18 heavy (non-hydrogen) atoms. The summed E-state index contributed by atoms with van der Waals surface area (Å²) >= 11 is 0. The molecule has 1 N–H and O–H groups in total. The lowest BCUT2D eigenvalue weighted by Gasteiger charge is -2.31. The number of aryl methyl sites for hydroxylation is 2. The van der Waals surface area contributed by atoms with Crippen molar-refractivity contribution in [3.63, 3.8) is 0 Å². The average Bonchev–Trinajstić information content (AvgIpc) is 2.71. The van der Waals surface area contributed by atoms with Crippen LogP contribution in [0.5, 0.6) is 0 Å². The first-order chi connectivity index (χ1) is 8.40. The summed E-state index contributed by atoms with van der Waals surface area (Å²) in [5, 5.41) is 0. The van der Waals surface area contributed by atoms with Gasteiger partial charge in [-0.3, -0.25) is 0 Å². The van der Waals surface area contributed by atoms with Gasteiger partial charge in [-0.1, -0.05) is 55.1 Å². The predicted molar refractivity (Wildman–Crippen MR) is 83.7 cm³/mol. The molecule has 1 aliphatic rings. The zero-order valence-corrected chi connectivity index (χ0v) is 13.0. The van der Waals surface area contributed by atoms with Crippen molar-refractivity contribution in [3.05, 3.63) is 53.1 Å². The second kappa shape index (κ2) is 4.77. The minimum atomic E-state index is -1.53. The lowest BCUT2D eigenvalue weighted by atomic mass is 10.1. The highest BCUT2D eigenvalue weighted by Gasteiger charge is 2.31. The Morgan fingerprint density at radius 2 is 1.67 bits per heavy atom. The van der Waals surface area contributed by atoms with E-state index >= 15 is 0 Å². The van der Waals surface area contributed by atoms with Crippen molar-refractivity contribution in [2.24, 2.45) is 0 Å². The van der Waals surface area contributed by atoms with Crippen molar-refractivity contribution in [2.75, 3.05) is 4.98 Å². The maximum absolute atomic E-state index is 3.86. The van der Waals surface area contributed by atoms with E-state index in [2.05, 4.69) is 75.3 Å². The second-order valence-electron chi connectivity index (χ2n) is 5.91. The molecule has 1 atom stereocenters. The molecule has 0 saturated carbocycles. The number of hydrogen-bond donors (Lipinski definition) is 1. The van der Waals surface area contributed by atoms with Gasteiger partial charge in [-0.2, -0.15) is 0 Å². The van der Waals surface area contributed by atoms with Crippen LogP contribution >= 0.6 is 0 Å². The van der Waals surface area contributed by atoms with Crippen LogP contribution in [0.1, 0.15) is 18.1 Å². The number of hydrogen-bond acceptors (Lipinski definition) is 1. The highest BCUT2D eigenvalue weighted by Crippen LogP contribution is 2.33. The van der Waals surface area contributed by atoms with Crippen LogP contribution in [0.25, 0.3) is 0 Å². The van der Waals surface area contributed by atoms with Crippen LogP contribution in [0.2, 0.25) is 18.6 Å². The van der Waals surface area contributed by atoms with E-state index in [9.17, 15) is 0 Å². The molecule has 1 nitrogen and oxygen atoms in total. The molecule has 1 aromatic carbocycles. The Morgan fingerprint density at radius 3 is 2.17 bits per heavy atom. The first-order valence-electron chi connectivity index (χ1n) is 6.61. The number of para-hydroxylation sites is 1. The topological polar surface area (TPSA) is 12.0 Å². The van der Waals surface area contributed by atoms with Crippen LogP contribution in [-0.2, 0) is 0 Å². The van der Waals surface area contributed by atoms with Crippen molar-refractivity contribution >= 4 is 13.9 Å². The molecule has 1 aliphatic carbocycles. The Morgan fingerprint density at radius 1 is 1.06 bits per heavy atom. The molecular weight excluding hydrogens is 234 g/mol. The zero-order chi connectivity index (χ0) is 13.3. The van der Waals surface area contributed by atoms with E-state index in [1.165, 1.54) is 22.4 Å². The van der Waals surface area contributed by atoms with Gasteiger partial charge in [0.25, 0.3) is 0 Å². The third kappa shape index (κ3) is 2.59. The van der Waals surface area contributed by atoms with Crippen molar-refractivity contribution in [1.29, 1.82) is 0 Å². The summed E-state index contributed by atoms with van der Waals surface area (Å²) in [4.78, 5) is 3.86. The Hall–Kier alpha value is -1.28. The quantitative estimate of drug-likeness (QED) is 0.766. The summed E-state index contributed by atoms with van der Waals surface area (Å²) < 4.78 is 0. The molecule has 0 radical (unpaired) electrons. The number of rotatable bonds is 3. The lowest BCUT2D eigenvalue weighted by molar-refractivity contribution is 1.26. The van der Waals surface area contributed by atoms with Crippen LogP contribution in [0.4, 0.5) is 5.69 Å². The van der Waals surface area contributed by atoms with Crippen LogP contribution in [0, 0.1) is 13.8 Å². The largest absolute Gasteiger partial charge is 0.409 e. The molecule has 96 valence electrons. The molecule has 0 heterocycles. The Labute approximate surface area is 112 Å². The van der Waals surface area contributed by atoms with E-state index in [4.69, 9.17) is 0 Å². The Balaban J connectivity index is 2.25. The van der Waals surface area contributed by atoms with Crippen LogP contribution in [0.3, 0.4) is 0 Å². The van der Waals surface area contributed by atoms with Crippen molar-refractivity contribution in [2.45, 2.75) is 39.4 Å². The van der Waals surface area contributed by atoms with Gasteiger partial charge in [-0.25, -0.2) is 0 Å². The molecule has 0 amide bonds. The van der Waals surface area contributed by atoms with Gasteiger partial charge >= 0.3 is 0 Å². The molecule has 1 aromatic rings. The lowest BCUT2D eigenvalue weighted by Crippen LogP contribution is -2.41. The predicted octanol–water partition coefficient (Wildman–Crippen LogP) is 4.81. The van der Waals surface area contributed by atoms with Gasteiger partial charge in [-0.05, 0) is 31.9 Å². The van der Waals surface area contributed by atoms with E-state index in [0.717, 1.165) is 0 Å². The van der Waals surface area contributed by atoms with Gasteiger partial charge in [0.15, 0.2) is 8.24 Å². The monoisotopic (exact) mass is 257 g/mol. The average molecular weight is 257 g/mol. The van der Waals surface area contributed by atoms with E-state index < -0.39 is 8.24 Å². The van der Waals surface area contributed by atoms with Crippen LogP contribution in [-0.4, -0.2) is 8.24 Å². The maximum Gasteiger partial charge on any atom is 0.158 e. The minimum Gasteiger partial charge on any atom is -0.409 e. The van der Waals surface area contributed by atoms with Crippen molar-refractivity contribution in [1.82, 2.24) is 0 Å². The molecular formula is C16H23NSi. The number of benzene rings is 1. The highest BCUT2D eigenvalue weighted by molar-refractivity contribution is 6.82. The third-order valence-corrected chi connectivity index (χ3v) is 6.69. The standard InChI is InChI=1S/C16H23NSi/c1-12-9-10-15(11-12)18(4,5)17-16-13(2)7-6-8-14(16)3/h6-11,15,17H,1-5H3. The fourth-order valence-corrected chi connectivity index (χ4v) is 4.98. The molecule has 0 saturated heterocycles. The molecule has 0 fully saturated rings. The Bertz CT molecular complexity index is 492. The summed E-state index contributed by atoms with van der Waals surface area (Å²) in [6, 6.07) is 6.50. The summed E-state index contributed by atoms with van der Waals surface area (Å²) in [5.41, 5.74) is 6.01. The smallest absolute Gasteiger partial charge is 0.158 e. The molecule has 2 rings (SSSR count). The normalized spacial score (nSPS) is 18.9. The fraction of sp³-hybridized carbons (Fsp3) is 0.375. The van der Waals surface area contributed by atoms with Gasteiger partial charge in [-0.15, -0.1) is 0 Å². The maximum atomic E-state index is 3.86. The zero-order valence-electron chi connectivity index (χ0n) is 12.0. The summed E-state index contributed by atoms with van der Waals surface area (Å²) in [6.07, 6.45) is 6.99. The van der Waals surface area contributed by atoms with E-state index in [0.29, 0.717) is 5.54 Å². The summed E-state index contributed by atoms with van der Waals surface area (Å²) in [5.74, 6) is 0. The number of nitrogens with one attached hydrogen (secondary N) is 1. The van der Waals surface area contributed by atoms with Crippen LogP contribution < -0.4 is 4.98 Å². The molecule has 0 spiro atoms. The molecule has 0 bridgehead atoms. The first kappa shape index (κ1) is 13.2. The van der Waals surface area contributed by atoms with E-state index in [-0.39, 0.29) is 0 Å². The number of allylic oxidation sites excluding steroid dienone is 4. The number of anilines is 1. The highest BCUT2D eigenvalue weighted by atomic mass is 28.3. The summed E-state index contributed by atoms with van der Waals surface area (Å²) in [7, 11) is -1.53.